The molecule has 2 rings (SSSR count). The van der Waals surface area contributed by atoms with Gasteiger partial charge in [-0.1, -0.05) is 17.7 Å². The second kappa shape index (κ2) is 6.68. The molecule has 0 radical (unpaired) electrons. The van der Waals surface area contributed by atoms with E-state index in [2.05, 4.69) is 4.72 Å². The largest absolute Gasteiger partial charge is 0.493 e. The summed E-state index contributed by atoms with van der Waals surface area (Å²) >= 11 is 5.94. The highest BCUT2D eigenvalue weighted by Gasteiger charge is 2.21. The molecule has 0 heterocycles. The number of hydrogen-bond donors (Lipinski definition) is 1. The van der Waals surface area contributed by atoms with Crippen molar-refractivity contribution in [2.45, 2.75) is 18.7 Å². The zero-order chi connectivity index (χ0) is 17.2. The van der Waals surface area contributed by atoms with E-state index in [4.69, 9.17) is 21.1 Å². The van der Waals surface area contributed by atoms with Crippen LogP contribution in [0.4, 0.5) is 5.69 Å². The number of hydrogen-bond acceptors (Lipinski definition) is 4. The zero-order valence-electron chi connectivity index (χ0n) is 13.3. The van der Waals surface area contributed by atoms with E-state index in [0.29, 0.717) is 27.8 Å². The highest BCUT2D eigenvalue weighted by atomic mass is 35.5. The van der Waals surface area contributed by atoms with Crippen LogP contribution in [0.2, 0.25) is 5.02 Å². The summed E-state index contributed by atoms with van der Waals surface area (Å²) in [5.41, 5.74) is 1.76. The number of sulfonamides is 1. The van der Waals surface area contributed by atoms with Crippen molar-refractivity contribution >= 4 is 27.3 Å². The molecule has 0 fully saturated rings. The Morgan fingerprint density at radius 2 is 1.57 bits per heavy atom. The summed E-state index contributed by atoms with van der Waals surface area (Å²) in [7, 11) is -0.830. The summed E-state index contributed by atoms with van der Waals surface area (Å²) in [6.07, 6.45) is 0. The summed E-state index contributed by atoms with van der Waals surface area (Å²) in [5.74, 6) is 0.823. The third-order valence-electron chi connectivity index (χ3n) is 3.41. The lowest BCUT2D eigenvalue weighted by Crippen LogP contribution is -2.15. The average Bonchev–Trinajstić information content (AvgIpc) is 2.50. The topological polar surface area (TPSA) is 64.6 Å². The summed E-state index contributed by atoms with van der Waals surface area (Å²) in [4.78, 5) is 0.120. The minimum atomic E-state index is -3.79. The van der Waals surface area contributed by atoms with Gasteiger partial charge in [-0.3, -0.25) is 4.72 Å². The van der Waals surface area contributed by atoms with Gasteiger partial charge in [0.25, 0.3) is 10.0 Å². The normalized spacial score (nSPS) is 11.2. The Morgan fingerprint density at radius 3 is 2.17 bits per heavy atom. The van der Waals surface area contributed by atoms with Gasteiger partial charge in [0.2, 0.25) is 0 Å². The Bertz CT molecular complexity index is 834. The first-order valence-corrected chi connectivity index (χ1v) is 8.66. The molecule has 0 aliphatic heterocycles. The molecule has 0 spiro atoms. The lowest BCUT2D eigenvalue weighted by molar-refractivity contribution is 0.353. The van der Waals surface area contributed by atoms with Gasteiger partial charge in [-0.25, -0.2) is 8.42 Å². The van der Waals surface area contributed by atoms with Gasteiger partial charge in [0.1, 0.15) is 0 Å². The number of aryl methyl sites for hydroxylation is 2. The van der Waals surface area contributed by atoms with Crippen molar-refractivity contribution in [2.75, 3.05) is 18.9 Å². The predicted molar refractivity (Wildman–Crippen MR) is 91.3 cm³/mol. The summed E-state index contributed by atoms with van der Waals surface area (Å²) < 4.78 is 38.3. The summed E-state index contributed by atoms with van der Waals surface area (Å²) in [6, 6.07) is 8.09. The van der Waals surface area contributed by atoms with E-state index in [1.165, 1.54) is 20.3 Å². The second-order valence-electron chi connectivity index (χ2n) is 5.04. The van der Waals surface area contributed by atoms with Crippen LogP contribution in [-0.2, 0) is 10.0 Å². The quantitative estimate of drug-likeness (QED) is 0.886. The van der Waals surface area contributed by atoms with Gasteiger partial charge in [0, 0.05) is 11.1 Å². The average molecular weight is 356 g/mol. The van der Waals surface area contributed by atoms with E-state index in [0.717, 1.165) is 5.56 Å². The SMILES string of the molecule is COc1cc(C)c(S(=O)(=O)Nc2cc(Cl)ccc2C)cc1OC. The van der Waals surface area contributed by atoms with Crippen LogP contribution in [0, 0.1) is 13.8 Å². The lowest BCUT2D eigenvalue weighted by Gasteiger charge is -2.15. The number of halogens is 1. The van der Waals surface area contributed by atoms with Gasteiger partial charge < -0.3 is 9.47 Å². The Labute approximate surface area is 141 Å². The molecule has 0 atom stereocenters. The van der Waals surface area contributed by atoms with Crippen LogP contribution in [0.15, 0.2) is 35.2 Å². The van der Waals surface area contributed by atoms with Gasteiger partial charge in [0.15, 0.2) is 11.5 Å². The Balaban J connectivity index is 2.49. The van der Waals surface area contributed by atoms with Crippen molar-refractivity contribution in [1.82, 2.24) is 0 Å². The Kier molecular flexibility index (Phi) is 5.06. The molecule has 7 heteroatoms. The van der Waals surface area contributed by atoms with Crippen molar-refractivity contribution in [3.05, 3.63) is 46.5 Å². The van der Waals surface area contributed by atoms with E-state index < -0.39 is 10.0 Å². The van der Waals surface area contributed by atoms with Crippen molar-refractivity contribution in [1.29, 1.82) is 0 Å². The molecule has 5 nitrogen and oxygen atoms in total. The molecule has 0 unspecified atom stereocenters. The van der Waals surface area contributed by atoms with Gasteiger partial charge in [-0.2, -0.15) is 0 Å². The summed E-state index contributed by atoms with van der Waals surface area (Å²) in [5, 5.41) is 0.456. The van der Waals surface area contributed by atoms with Gasteiger partial charge in [0.05, 0.1) is 24.8 Å². The van der Waals surface area contributed by atoms with Crippen LogP contribution < -0.4 is 14.2 Å². The molecule has 0 amide bonds. The lowest BCUT2D eigenvalue weighted by atomic mass is 10.2. The minimum absolute atomic E-state index is 0.120. The molecule has 2 aromatic carbocycles. The van der Waals surface area contributed by atoms with Gasteiger partial charge in [-0.15, -0.1) is 0 Å². The fourth-order valence-electron chi connectivity index (χ4n) is 2.16. The number of ether oxygens (including phenoxy) is 2. The minimum Gasteiger partial charge on any atom is -0.493 e. The third-order valence-corrected chi connectivity index (χ3v) is 5.16. The number of benzene rings is 2. The fraction of sp³-hybridized carbons (Fsp3) is 0.250. The van der Waals surface area contributed by atoms with E-state index in [-0.39, 0.29) is 4.90 Å². The first-order chi connectivity index (χ1) is 10.8. The predicted octanol–water partition coefficient (Wildman–Crippen LogP) is 3.77. The van der Waals surface area contributed by atoms with Crippen molar-refractivity contribution in [3.63, 3.8) is 0 Å². The smallest absolute Gasteiger partial charge is 0.262 e. The Hall–Kier alpha value is -1.92. The first-order valence-electron chi connectivity index (χ1n) is 6.80. The highest BCUT2D eigenvalue weighted by molar-refractivity contribution is 7.92. The van der Waals surface area contributed by atoms with Crippen molar-refractivity contribution in [2.24, 2.45) is 0 Å². The monoisotopic (exact) mass is 355 g/mol. The van der Waals surface area contributed by atoms with E-state index in [1.54, 1.807) is 38.1 Å². The zero-order valence-corrected chi connectivity index (χ0v) is 14.9. The molecule has 0 saturated heterocycles. The number of nitrogens with one attached hydrogen (secondary N) is 1. The molecule has 2 aromatic rings. The molecular weight excluding hydrogens is 338 g/mol. The highest BCUT2D eigenvalue weighted by Crippen LogP contribution is 2.33. The molecular formula is C16H18ClNO4S. The molecule has 0 aliphatic carbocycles. The van der Waals surface area contributed by atoms with Crippen LogP contribution in [-0.4, -0.2) is 22.6 Å². The standard InChI is InChI=1S/C16H18ClNO4S/c1-10-5-6-12(17)8-13(10)18-23(19,20)16-9-15(22-4)14(21-3)7-11(16)2/h5-9,18H,1-4H3. The summed E-state index contributed by atoms with van der Waals surface area (Å²) in [6.45, 7) is 3.50. The molecule has 0 aromatic heterocycles. The molecule has 23 heavy (non-hydrogen) atoms. The van der Waals surface area contributed by atoms with Crippen LogP contribution in [0.25, 0.3) is 0 Å². The Morgan fingerprint density at radius 1 is 0.957 bits per heavy atom. The molecule has 0 saturated carbocycles. The number of anilines is 1. The first kappa shape index (κ1) is 17.4. The molecule has 124 valence electrons. The van der Waals surface area contributed by atoms with E-state index in [1.807, 2.05) is 0 Å². The second-order valence-corrected chi connectivity index (χ2v) is 7.12. The maximum absolute atomic E-state index is 12.7. The van der Waals surface area contributed by atoms with Gasteiger partial charge >= 0.3 is 0 Å². The van der Waals surface area contributed by atoms with Crippen LogP contribution in [0.5, 0.6) is 11.5 Å². The van der Waals surface area contributed by atoms with E-state index >= 15 is 0 Å². The molecule has 0 aliphatic rings. The van der Waals surface area contributed by atoms with Crippen molar-refractivity contribution in [3.8, 4) is 11.5 Å². The van der Waals surface area contributed by atoms with Gasteiger partial charge in [-0.05, 0) is 43.2 Å². The fourth-order valence-corrected chi connectivity index (χ4v) is 3.69. The van der Waals surface area contributed by atoms with Crippen molar-refractivity contribution < 1.29 is 17.9 Å². The third kappa shape index (κ3) is 3.71. The number of rotatable bonds is 5. The molecule has 1 N–H and O–H groups in total. The van der Waals surface area contributed by atoms with Crippen LogP contribution >= 0.6 is 11.6 Å². The van der Waals surface area contributed by atoms with Crippen LogP contribution in [0.1, 0.15) is 11.1 Å². The molecule has 0 bridgehead atoms. The number of methoxy groups -OCH3 is 2. The van der Waals surface area contributed by atoms with Crippen LogP contribution in [0.3, 0.4) is 0 Å². The maximum atomic E-state index is 12.7. The maximum Gasteiger partial charge on any atom is 0.262 e. The van der Waals surface area contributed by atoms with E-state index in [9.17, 15) is 8.42 Å².